The molecule has 0 spiro atoms. The molecule has 5 nitrogen and oxygen atoms in total. The third kappa shape index (κ3) is 5.08. The van der Waals surface area contributed by atoms with E-state index in [0.717, 1.165) is 17.7 Å². The lowest BCUT2D eigenvalue weighted by Crippen LogP contribution is -2.26. The summed E-state index contributed by atoms with van der Waals surface area (Å²) >= 11 is 1.82. The Hall–Kier alpha value is -1.27. The van der Waals surface area contributed by atoms with Gasteiger partial charge in [0, 0.05) is 18.7 Å². The number of nitro groups is 1. The van der Waals surface area contributed by atoms with E-state index >= 15 is 0 Å². The van der Waals surface area contributed by atoms with E-state index in [9.17, 15) is 10.1 Å². The van der Waals surface area contributed by atoms with Gasteiger partial charge in [-0.15, -0.1) is 0 Å². The SMILES string of the molecule is COc1ccc(CNC(C)CCSC)cc1[N+](=O)[O-]. The van der Waals surface area contributed by atoms with Gasteiger partial charge in [0.15, 0.2) is 5.75 Å². The van der Waals surface area contributed by atoms with Crippen molar-refractivity contribution in [2.75, 3.05) is 19.1 Å². The molecule has 0 fully saturated rings. The first-order chi connectivity index (χ1) is 9.08. The minimum atomic E-state index is -0.417. The molecule has 0 aliphatic rings. The topological polar surface area (TPSA) is 64.4 Å². The number of methoxy groups -OCH3 is 1. The predicted octanol–water partition coefficient (Wildman–Crippen LogP) is 2.83. The van der Waals surface area contributed by atoms with E-state index in [1.165, 1.54) is 7.11 Å². The van der Waals surface area contributed by atoms with Gasteiger partial charge in [0.1, 0.15) is 0 Å². The molecule has 19 heavy (non-hydrogen) atoms. The van der Waals surface area contributed by atoms with E-state index in [2.05, 4.69) is 18.5 Å². The van der Waals surface area contributed by atoms with Crippen molar-refractivity contribution in [2.45, 2.75) is 25.9 Å². The molecule has 106 valence electrons. The van der Waals surface area contributed by atoms with Crippen molar-refractivity contribution in [3.05, 3.63) is 33.9 Å². The van der Waals surface area contributed by atoms with Gasteiger partial charge in [-0.05, 0) is 37.0 Å². The van der Waals surface area contributed by atoms with Gasteiger partial charge in [0.2, 0.25) is 0 Å². The number of hydrogen-bond donors (Lipinski definition) is 1. The Bertz CT molecular complexity index is 426. The largest absolute Gasteiger partial charge is 0.490 e. The standard InChI is InChI=1S/C13H20N2O3S/c1-10(6-7-19-3)14-9-11-4-5-13(18-2)12(8-11)15(16)17/h4-5,8,10,14H,6-7,9H2,1-3H3. The molecule has 0 amide bonds. The van der Waals surface area contributed by atoms with Crippen molar-refractivity contribution >= 4 is 17.4 Å². The molecule has 1 aromatic rings. The van der Waals surface area contributed by atoms with Gasteiger partial charge in [-0.3, -0.25) is 10.1 Å². The molecule has 0 saturated carbocycles. The molecule has 0 heterocycles. The van der Waals surface area contributed by atoms with E-state index < -0.39 is 4.92 Å². The normalized spacial score (nSPS) is 12.2. The molecule has 1 rings (SSSR count). The predicted molar refractivity (Wildman–Crippen MR) is 78.9 cm³/mol. The second-order valence-electron chi connectivity index (χ2n) is 4.33. The molecule has 1 atom stereocenters. The van der Waals surface area contributed by atoms with E-state index in [1.54, 1.807) is 12.1 Å². The number of rotatable bonds is 8. The number of hydrogen-bond acceptors (Lipinski definition) is 5. The molecular formula is C13H20N2O3S. The Kier molecular flexibility index (Phi) is 6.66. The van der Waals surface area contributed by atoms with Crippen LogP contribution in [0, 0.1) is 10.1 Å². The Balaban J connectivity index is 2.64. The number of benzene rings is 1. The molecular weight excluding hydrogens is 264 g/mol. The monoisotopic (exact) mass is 284 g/mol. The number of nitro benzene ring substituents is 1. The van der Waals surface area contributed by atoms with Crippen LogP contribution in [0.3, 0.4) is 0 Å². The Labute approximate surface area is 117 Å². The number of thioether (sulfide) groups is 1. The minimum absolute atomic E-state index is 0.0126. The summed E-state index contributed by atoms with van der Waals surface area (Å²) in [4.78, 5) is 10.5. The summed E-state index contributed by atoms with van der Waals surface area (Å²) in [7, 11) is 1.44. The van der Waals surface area contributed by atoms with E-state index in [1.807, 2.05) is 17.8 Å². The number of nitrogens with one attached hydrogen (secondary N) is 1. The summed E-state index contributed by atoms with van der Waals surface area (Å²) in [6.45, 7) is 2.74. The summed E-state index contributed by atoms with van der Waals surface area (Å²) in [5.41, 5.74) is 0.905. The van der Waals surface area contributed by atoms with Gasteiger partial charge in [-0.2, -0.15) is 11.8 Å². The first-order valence-corrected chi connectivity index (χ1v) is 7.51. The lowest BCUT2D eigenvalue weighted by atomic mass is 10.1. The van der Waals surface area contributed by atoms with Gasteiger partial charge in [0.05, 0.1) is 12.0 Å². The van der Waals surface area contributed by atoms with Gasteiger partial charge >= 0.3 is 5.69 Å². The van der Waals surface area contributed by atoms with E-state index in [0.29, 0.717) is 18.3 Å². The van der Waals surface area contributed by atoms with E-state index in [4.69, 9.17) is 4.74 Å². The van der Waals surface area contributed by atoms with E-state index in [-0.39, 0.29) is 5.69 Å². The summed E-state index contributed by atoms with van der Waals surface area (Å²) in [5.74, 6) is 1.40. The third-order valence-corrected chi connectivity index (χ3v) is 3.49. The first kappa shape index (κ1) is 15.8. The van der Waals surface area contributed by atoms with Crippen LogP contribution in [0.2, 0.25) is 0 Å². The molecule has 0 aliphatic carbocycles. The minimum Gasteiger partial charge on any atom is -0.490 e. The van der Waals surface area contributed by atoms with Gasteiger partial charge in [-0.25, -0.2) is 0 Å². The molecule has 1 aromatic carbocycles. The van der Waals surface area contributed by atoms with Crippen LogP contribution in [0.25, 0.3) is 0 Å². The van der Waals surface area contributed by atoms with Crippen LogP contribution in [-0.4, -0.2) is 30.1 Å². The zero-order valence-electron chi connectivity index (χ0n) is 11.5. The fraction of sp³-hybridized carbons (Fsp3) is 0.538. The van der Waals surface area contributed by atoms with Crippen molar-refractivity contribution in [3.63, 3.8) is 0 Å². The quantitative estimate of drug-likeness (QED) is 0.587. The smallest absolute Gasteiger partial charge is 0.311 e. The maximum Gasteiger partial charge on any atom is 0.311 e. The maximum atomic E-state index is 10.9. The highest BCUT2D eigenvalue weighted by molar-refractivity contribution is 7.98. The highest BCUT2D eigenvalue weighted by atomic mass is 32.2. The first-order valence-electron chi connectivity index (χ1n) is 6.12. The van der Waals surface area contributed by atoms with Crippen LogP contribution >= 0.6 is 11.8 Å². The third-order valence-electron chi connectivity index (χ3n) is 2.85. The van der Waals surface area contributed by atoms with Crippen molar-refractivity contribution in [3.8, 4) is 5.75 Å². The van der Waals surface area contributed by atoms with Crippen LogP contribution in [0.5, 0.6) is 5.75 Å². The van der Waals surface area contributed by atoms with Gasteiger partial charge in [0.25, 0.3) is 0 Å². The molecule has 0 saturated heterocycles. The lowest BCUT2D eigenvalue weighted by Gasteiger charge is -2.13. The van der Waals surface area contributed by atoms with Gasteiger partial charge < -0.3 is 10.1 Å². The van der Waals surface area contributed by atoms with Crippen LogP contribution in [0.4, 0.5) is 5.69 Å². The lowest BCUT2D eigenvalue weighted by molar-refractivity contribution is -0.385. The summed E-state index contributed by atoms with van der Waals surface area (Å²) in [6.07, 6.45) is 3.17. The molecule has 0 aliphatic heterocycles. The molecule has 1 unspecified atom stereocenters. The highest BCUT2D eigenvalue weighted by Gasteiger charge is 2.15. The zero-order valence-corrected chi connectivity index (χ0v) is 12.3. The van der Waals surface area contributed by atoms with Crippen LogP contribution in [-0.2, 0) is 6.54 Å². The van der Waals surface area contributed by atoms with Crippen molar-refractivity contribution < 1.29 is 9.66 Å². The average Bonchev–Trinajstić information content (AvgIpc) is 2.42. The second-order valence-corrected chi connectivity index (χ2v) is 5.31. The molecule has 0 radical (unpaired) electrons. The Morgan fingerprint density at radius 1 is 1.53 bits per heavy atom. The van der Waals surface area contributed by atoms with Gasteiger partial charge in [-0.1, -0.05) is 6.07 Å². The van der Waals surface area contributed by atoms with Crippen molar-refractivity contribution in [2.24, 2.45) is 0 Å². The van der Waals surface area contributed by atoms with Crippen LogP contribution < -0.4 is 10.1 Å². The molecule has 6 heteroatoms. The molecule has 0 bridgehead atoms. The Morgan fingerprint density at radius 3 is 2.84 bits per heavy atom. The fourth-order valence-electron chi connectivity index (χ4n) is 1.68. The van der Waals surface area contributed by atoms with Crippen LogP contribution in [0.1, 0.15) is 18.9 Å². The van der Waals surface area contributed by atoms with Crippen molar-refractivity contribution in [1.82, 2.24) is 5.32 Å². The van der Waals surface area contributed by atoms with Crippen LogP contribution in [0.15, 0.2) is 18.2 Å². The number of ether oxygens (including phenoxy) is 1. The second kappa shape index (κ2) is 8.01. The molecule has 0 aromatic heterocycles. The fourth-order valence-corrected chi connectivity index (χ4v) is 2.27. The maximum absolute atomic E-state index is 10.9. The summed E-state index contributed by atoms with van der Waals surface area (Å²) in [6, 6.07) is 5.45. The Morgan fingerprint density at radius 2 is 2.26 bits per heavy atom. The average molecular weight is 284 g/mol. The van der Waals surface area contributed by atoms with Crippen molar-refractivity contribution in [1.29, 1.82) is 0 Å². The highest BCUT2D eigenvalue weighted by Crippen LogP contribution is 2.27. The molecule has 1 N–H and O–H groups in total. The summed E-state index contributed by atoms with van der Waals surface area (Å²) < 4.78 is 4.98. The summed E-state index contributed by atoms with van der Waals surface area (Å²) in [5, 5.41) is 14.3. The number of nitrogens with zero attached hydrogens (tertiary/aromatic N) is 1. The zero-order chi connectivity index (χ0) is 14.3.